The number of carbonyl (C=O) groups excluding carboxylic acids is 3. The number of aliphatic hydroxyl groups excluding tert-OH is 1. The maximum absolute atomic E-state index is 12.9. The quantitative estimate of drug-likeness (QED) is 0.0285. The van der Waals surface area contributed by atoms with Gasteiger partial charge in [0, 0.05) is 55.6 Å². The van der Waals surface area contributed by atoms with Crippen molar-refractivity contribution < 1.29 is 29.0 Å². The van der Waals surface area contributed by atoms with Crippen LogP contribution >= 0.6 is 43.2 Å². The van der Waals surface area contributed by atoms with Crippen LogP contribution in [0.4, 0.5) is 0 Å². The van der Waals surface area contributed by atoms with Gasteiger partial charge in [0.25, 0.3) is 0 Å². The Morgan fingerprint density at radius 1 is 0.544 bits per heavy atom. The zero-order valence-electron chi connectivity index (χ0n) is 51.2. The molecule has 2 rings (SSSR count). The Hall–Kier alpha value is -2.13. The molecule has 2 aromatic carbocycles. The number of aliphatic hydroxyl groups is 1. The van der Waals surface area contributed by atoms with Crippen molar-refractivity contribution in [2.75, 3.05) is 82.5 Å². The first-order valence-electron chi connectivity index (χ1n) is 31.1. The lowest BCUT2D eigenvalue weighted by molar-refractivity contribution is -0.144. The summed E-state index contributed by atoms with van der Waals surface area (Å²) in [6.07, 6.45) is 30.0. The summed E-state index contributed by atoms with van der Waals surface area (Å²) in [5.41, 5.74) is 5.96. The van der Waals surface area contributed by atoms with E-state index >= 15 is 0 Å². The Kier molecular flexibility index (Phi) is 43.6. The van der Waals surface area contributed by atoms with E-state index in [0.29, 0.717) is 52.1 Å². The Morgan fingerprint density at radius 2 is 1.03 bits per heavy atom. The highest BCUT2D eigenvalue weighted by atomic mass is 33.1. The summed E-state index contributed by atoms with van der Waals surface area (Å²) in [4.78, 5) is 42.7. The van der Waals surface area contributed by atoms with Gasteiger partial charge in [-0.25, -0.2) is 0 Å². The molecule has 452 valence electrons. The number of allylic oxidation sites excluding steroid dienone is 1. The largest absolute Gasteiger partial charge is 0.466 e. The number of nitrogens with zero attached hydrogens (tertiary/aromatic N) is 2. The first-order valence-corrected chi connectivity index (χ1v) is 36.0. The number of hydrogen-bond donors (Lipinski definition) is 2. The van der Waals surface area contributed by atoms with Crippen LogP contribution in [0.25, 0.3) is 0 Å². The predicted octanol–water partition coefficient (Wildman–Crippen LogP) is 16.6. The first-order chi connectivity index (χ1) is 38.1. The van der Waals surface area contributed by atoms with Crippen LogP contribution in [0.3, 0.4) is 0 Å². The van der Waals surface area contributed by atoms with E-state index in [-0.39, 0.29) is 34.8 Å². The molecule has 0 aliphatic heterocycles. The van der Waals surface area contributed by atoms with Crippen LogP contribution in [-0.4, -0.2) is 121 Å². The summed E-state index contributed by atoms with van der Waals surface area (Å²) in [7, 11) is 9.94. The van der Waals surface area contributed by atoms with Crippen molar-refractivity contribution in [2.45, 2.75) is 232 Å². The van der Waals surface area contributed by atoms with Gasteiger partial charge in [-0.1, -0.05) is 223 Å². The fourth-order valence-corrected chi connectivity index (χ4v) is 13.4. The third-order valence-electron chi connectivity index (χ3n) is 14.4. The van der Waals surface area contributed by atoms with E-state index in [4.69, 9.17) is 9.47 Å². The van der Waals surface area contributed by atoms with Gasteiger partial charge in [0.1, 0.15) is 0 Å². The van der Waals surface area contributed by atoms with E-state index in [2.05, 4.69) is 131 Å². The lowest BCUT2D eigenvalue weighted by atomic mass is 9.86. The minimum absolute atomic E-state index is 0.122. The van der Waals surface area contributed by atoms with Crippen LogP contribution in [-0.2, 0) is 47.5 Å². The molecule has 1 amide bonds. The van der Waals surface area contributed by atoms with E-state index in [0.717, 1.165) is 152 Å². The summed E-state index contributed by atoms with van der Waals surface area (Å²) >= 11 is 0. The van der Waals surface area contributed by atoms with E-state index in [9.17, 15) is 19.5 Å². The van der Waals surface area contributed by atoms with Gasteiger partial charge in [0.2, 0.25) is 5.91 Å². The zero-order chi connectivity index (χ0) is 57.7. The fourth-order valence-electron chi connectivity index (χ4n) is 9.01. The van der Waals surface area contributed by atoms with Crippen molar-refractivity contribution in [2.24, 2.45) is 0 Å². The number of unbranched alkanes of at least 4 members (excludes halogenated alkanes) is 14. The highest BCUT2D eigenvalue weighted by Gasteiger charge is 2.16. The van der Waals surface area contributed by atoms with Crippen LogP contribution in [0.5, 0.6) is 0 Å². The van der Waals surface area contributed by atoms with Crippen LogP contribution < -0.4 is 5.32 Å². The lowest BCUT2D eigenvalue weighted by Gasteiger charge is -2.23. The Labute approximate surface area is 499 Å². The molecule has 0 unspecified atom stereocenters. The molecule has 0 saturated heterocycles. The monoisotopic (exact) mass is 1170 g/mol. The van der Waals surface area contributed by atoms with Crippen molar-refractivity contribution >= 4 is 61.0 Å². The van der Waals surface area contributed by atoms with Gasteiger partial charge >= 0.3 is 11.9 Å². The second-order valence-corrected chi connectivity index (χ2v) is 29.2. The van der Waals surface area contributed by atoms with Crippen LogP contribution in [0.1, 0.15) is 225 Å². The van der Waals surface area contributed by atoms with Crippen molar-refractivity contribution in [3.05, 3.63) is 82.9 Å². The van der Waals surface area contributed by atoms with Crippen LogP contribution in [0.2, 0.25) is 0 Å². The Bertz CT molecular complexity index is 1740. The molecule has 0 aromatic heterocycles. The molecule has 0 bridgehead atoms. The van der Waals surface area contributed by atoms with Gasteiger partial charge in [-0.2, -0.15) is 0 Å². The molecular weight excluding hydrogens is 1060 g/mol. The van der Waals surface area contributed by atoms with E-state index in [1.807, 2.05) is 43.2 Å². The van der Waals surface area contributed by atoms with Gasteiger partial charge in [0.05, 0.1) is 32.2 Å². The normalized spacial score (nSPS) is 12.5. The number of esters is 2. The third kappa shape index (κ3) is 42.4. The van der Waals surface area contributed by atoms with Crippen molar-refractivity contribution in [3.8, 4) is 0 Å². The van der Waals surface area contributed by atoms with Crippen molar-refractivity contribution in [3.63, 3.8) is 0 Å². The van der Waals surface area contributed by atoms with Gasteiger partial charge < -0.3 is 29.7 Å². The smallest absolute Gasteiger partial charge is 0.307 e. The molecule has 2 N–H and O–H groups in total. The summed E-state index contributed by atoms with van der Waals surface area (Å²) < 4.78 is 11.3. The molecule has 0 aliphatic carbocycles. The molecule has 1 atom stereocenters. The second kappa shape index (κ2) is 47.3. The fraction of sp³-hybridized carbons (Fsp3) is 0.742. The molecule has 0 saturated carbocycles. The minimum Gasteiger partial charge on any atom is -0.466 e. The van der Waals surface area contributed by atoms with Crippen LogP contribution in [0.15, 0.2) is 60.7 Å². The Balaban J connectivity index is 1.61. The number of likely N-dealkylation sites (N-methyl/N-ethyl adjacent to an activating group) is 1. The number of amides is 1. The second-order valence-electron chi connectivity index (χ2n) is 23.8. The van der Waals surface area contributed by atoms with Crippen LogP contribution in [0, 0.1) is 0 Å². The molecule has 2 aromatic rings. The number of hydrogen-bond acceptors (Lipinski definition) is 12. The van der Waals surface area contributed by atoms with Gasteiger partial charge in [-0.15, -0.1) is 0 Å². The summed E-state index contributed by atoms with van der Waals surface area (Å²) in [5, 5.41) is 13.2. The number of ether oxygens (including phenoxy) is 2. The average molecular weight is 1170 g/mol. The van der Waals surface area contributed by atoms with E-state index in [1.165, 1.54) is 60.8 Å². The topological polar surface area (TPSA) is 108 Å². The van der Waals surface area contributed by atoms with Crippen molar-refractivity contribution in [1.82, 2.24) is 15.1 Å². The first kappa shape index (κ1) is 73.0. The van der Waals surface area contributed by atoms with Gasteiger partial charge in [-0.05, 0) is 130 Å². The summed E-state index contributed by atoms with van der Waals surface area (Å²) in [6.45, 7) is 20.8. The maximum Gasteiger partial charge on any atom is 0.307 e. The lowest BCUT2D eigenvalue weighted by Crippen LogP contribution is -2.35. The summed E-state index contributed by atoms with van der Waals surface area (Å²) in [5.74, 6) is 4.30. The molecule has 79 heavy (non-hydrogen) atoms. The molecule has 9 nitrogen and oxygen atoms in total. The molecule has 0 spiro atoms. The number of nitrogens with one attached hydrogen (secondary N) is 1. The average Bonchev–Trinajstić information content (AvgIpc) is 3.42. The highest BCUT2D eigenvalue weighted by molar-refractivity contribution is 8.77. The number of rotatable bonds is 50. The molecule has 0 radical (unpaired) electrons. The number of aryl methyl sites for hydroxylation is 2. The molecule has 0 heterocycles. The SMILES string of the molecule is CCCCCC[C@@H](O)C/C=C\CCCCCCCC(=O)NCCN(C)CCCN(CCC(=O)OCCCCCCSSCCc1ccc(C(C)(C)C)cc1)CCC(=O)OCCCCCCSSCCc1ccc(C(C)(C)C)cc1. The van der Waals surface area contributed by atoms with Gasteiger partial charge in [0.15, 0.2) is 0 Å². The predicted molar refractivity (Wildman–Crippen MR) is 348 cm³/mol. The third-order valence-corrected chi connectivity index (χ3v) is 19.3. The highest BCUT2D eigenvalue weighted by Crippen LogP contribution is 2.28. The molecule has 0 fully saturated rings. The molecule has 0 aliphatic rings. The summed E-state index contributed by atoms with van der Waals surface area (Å²) in [6, 6.07) is 18.2. The van der Waals surface area contributed by atoms with E-state index < -0.39 is 0 Å². The van der Waals surface area contributed by atoms with Crippen molar-refractivity contribution in [1.29, 1.82) is 0 Å². The zero-order valence-corrected chi connectivity index (χ0v) is 54.5. The number of benzene rings is 2. The molecular formula is C66H113N3O6S4. The maximum atomic E-state index is 12.9. The minimum atomic E-state index is -0.204. The standard InChI is InChI=1S/C66H113N3O6S4/c1-9-10-11-22-30-61(70)31-23-16-14-12-13-15-17-24-32-62(71)67-45-50-68(8)46-29-47-69(48-41-63(72)74-51-25-18-20-27-53-76-78-55-43-57-33-37-59(38-34-57)65(2,3)4)49-42-64(73)75-52-26-19-21-28-54-77-79-56-44-58-35-39-60(40-36-58)66(5,6)7/h16,23,33-40,61,70H,9-15,17-22,24-32,41-56H2,1-8H3,(H,67,71)/b23-16-/t61-/m1/s1. The Morgan fingerprint density at radius 3 is 1.56 bits per heavy atom. The number of carbonyl (C=O) groups is 3. The molecule has 13 heteroatoms. The van der Waals surface area contributed by atoms with E-state index in [1.54, 1.807) is 0 Å². The van der Waals surface area contributed by atoms with Gasteiger partial charge in [-0.3, -0.25) is 14.4 Å².